The van der Waals surface area contributed by atoms with Crippen molar-refractivity contribution in [3.63, 3.8) is 0 Å². The number of hydrogen-bond acceptors (Lipinski definition) is 5. The Kier molecular flexibility index (Phi) is 4.98. The molecular weight excluding hydrogens is 304 g/mol. The molecule has 4 N–H and O–H groups in total. The van der Waals surface area contributed by atoms with Crippen LogP contribution in [0.2, 0.25) is 4.34 Å². The molecule has 0 bridgehead atoms. The summed E-state index contributed by atoms with van der Waals surface area (Å²) in [7, 11) is 0. The van der Waals surface area contributed by atoms with Gasteiger partial charge in [0, 0.05) is 0 Å². The zero-order valence-corrected chi connectivity index (χ0v) is 12.1. The lowest BCUT2D eigenvalue weighted by atomic mass is 10.0. The molecule has 0 spiro atoms. The fraction of sp³-hybridized carbons (Fsp3) is 0.500. The van der Waals surface area contributed by atoms with Crippen molar-refractivity contribution >= 4 is 34.8 Å². The molecule has 1 aliphatic heterocycles. The maximum Gasteiger partial charge on any atom is 0.320 e. The Balaban J connectivity index is 1.80. The van der Waals surface area contributed by atoms with Crippen molar-refractivity contribution in [1.29, 1.82) is 0 Å². The molecule has 1 saturated heterocycles. The molecule has 1 aromatic rings. The van der Waals surface area contributed by atoms with E-state index in [0.29, 0.717) is 28.6 Å². The van der Waals surface area contributed by atoms with Gasteiger partial charge in [-0.15, -0.1) is 11.3 Å². The quantitative estimate of drug-likeness (QED) is 0.605. The fourth-order valence-corrected chi connectivity index (χ4v) is 3.16. The van der Waals surface area contributed by atoms with E-state index >= 15 is 0 Å². The molecule has 2 heterocycles. The van der Waals surface area contributed by atoms with Gasteiger partial charge in [-0.25, -0.2) is 0 Å². The molecule has 0 aliphatic carbocycles. The molecule has 20 heavy (non-hydrogen) atoms. The normalized spacial score (nSPS) is 23.5. The van der Waals surface area contributed by atoms with Gasteiger partial charge in [0.2, 0.25) is 0 Å². The Labute approximate surface area is 124 Å². The summed E-state index contributed by atoms with van der Waals surface area (Å²) >= 11 is 6.87. The highest BCUT2D eigenvalue weighted by Gasteiger charge is 2.30. The number of halogens is 1. The minimum atomic E-state index is -0.997. The highest BCUT2D eigenvalue weighted by molar-refractivity contribution is 7.17. The van der Waals surface area contributed by atoms with Gasteiger partial charge in [0.1, 0.15) is 12.3 Å². The second-order valence-corrected chi connectivity index (χ2v) is 6.44. The van der Waals surface area contributed by atoms with Crippen LogP contribution in [0.3, 0.4) is 0 Å². The summed E-state index contributed by atoms with van der Waals surface area (Å²) < 4.78 is 0.508. The maximum atomic E-state index is 11.8. The molecule has 1 aliphatic rings. The molecule has 1 fully saturated rings. The van der Waals surface area contributed by atoms with Crippen LogP contribution in [0.25, 0.3) is 0 Å². The summed E-state index contributed by atoms with van der Waals surface area (Å²) in [5.41, 5.74) is 0. The first-order valence-electron chi connectivity index (χ1n) is 6.16. The van der Waals surface area contributed by atoms with Gasteiger partial charge in [0.25, 0.3) is 5.91 Å². The molecule has 0 saturated carbocycles. The largest absolute Gasteiger partial charge is 0.480 e. The number of nitrogens with one attached hydrogen (secondary N) is 2. The Morgan fingerprint density at radius 2 is 2.30 bits per heavy atom. The van der Waals surface area contributed by atoms with E-state index in [-0.39, 0.29) is 11.8 Å². The van der Waals surface area contributed by atoms with Gasteiger partial charge in [-0.3, -0.25) is 9.59 Å². The average molecular weight is 319 g/mol. The molecule has 3 atom stereocenters. The molecule has 110 valence electrons. The predicted molar refractivity (Wildman–Crippen MR) is 75.0 cm³/mol. The number of aliphatic hydroxyl groups excluding tert-OH is 1. The van der Waals surface area contributed by atoms with Crippen LogP contribution in [0.5, 0.6) is 0 Å². The standard InChI is InChI=1S/C12H15ClN2O4S/c13-9-2-1-8(20-9)11(17)15-10(16)4-6-3-7(12(18)19)14-5-6/h1-2,6-7,10,14,16H,3-5H2,(H,15,17)(H,18,19). The summed E-state index contributed by atoms with van der Waals surface area (Å²) in [6.45, 7) is 0.523. The number of thiophene rings is 1. The number of carboxylic acid groups (broad SMARTS) is 1. The van der Waals surface area contributed by atoms with Gasteiger partial charge in [-0.1, -0.05) is 11.6 Å². The SMILES string of the molecule is O=C(NC(O)CC1CNC(C(=O)O)C1)c1ccc(Cl)s1. The van der Waals surface area contributed by atoms with Crippen molar-refractivity contribution in [3.05, 3.63) is 21.3 Å². The lowest BCUT2D eigenvalue weighted by Crippen LogP contribution is -2.36. The molecule has 0 aromatic carbocycles. The first-order valence-corrected chi connectivity index (χ1v) is 7.35. The third-order valence-corrected chi connectivity index (χ3v) is 4.40. The molecular formula is C12H15ClN2O4S. The Morgan fingerprint density at radius 3 is 2.85 bits per heavy atom. The number of carbonyl (C=O) groups excluding carboxylic acids is 1. The summed E-state index contributed by atoms with van der Waals surface area (Å²) in [6.07, 6.45) is -0.225. The summed E-state index contributed by atoms with van der Waals surface area (Å²) in [5.74, 6) is -1.24. The number of hydrogen-bond donors (Lipinski definition) is 4. The third-order valence-electron chi connectivity index (χ3n) is 3.17. The van der Waals surface area contributed by atoms with Crippen LogP contribution in [0.1, 0.15) is 22.5 Å². The van der Waals surface area contributed by atoms with Gasteiger partial charge >= 0.3 is 5.97 Å². The highest BCUT2D eigenvalue weighted by Crippen LogP contribution is 2.22. The van der Waals surface area contributed by atoms with E-state index < -0.39 is 18.2 Å². The van der Waals surface area contributed by atoms with E-state index in [1.165, 1.54) is 0 Å². The molecule has 3 unspecified atom stereocenters. The maximum absolute atomic E-state index is 11.8. The van der Waals surface area contributed by atoms with E-state index in [1.807, 2.05) is 0 Å². The topological polar surface area (TPSA) is 98.7 Å². The zero-order chi connectivity index (χ0) is 14.7. The van der Waals surface area contributed by atoms with Gasteiger partial charge < -0.3 is 20.8 Å². The zero-order valence-electron chi connectivity index (χ0n) is 10.5. The second kappa shape index (κ2) is 6.53. The first kappa shape index (κ1) is 15.2. The second-order valence-electron chi connectivity index (χ2n) is 4.73. The number of aliphatic hydroxyl groups is 1. The Bertz CT molecular complexity index is 507. The van der Waals surface area contributed by atoms with E-state index in [0.717, 1.165) is 11.3 Å². The molecule has 0 radical (unpaired) electrons. The smallest absolute Gasteiger partial charge is 0.320 e. The van der Waals surface area contributed by atoms with E-state index in [1.54, 1.807) is 12.1 Å². The van der Waals surface area contributed by atoms with E-state index in [4.69, 9.17) is 16.7 Å². The number of amides is 1. The number of rotatable bonds is 5. The number of carbonyl (C=O) groups is 2. The minimum Gasteiger partial charge on any atom is -0.480 e. The van der Waals surface area contributed by atoms with Crippen LogP contribution in [-0.4, -0.2) is 40.9 Å². The minimum absolute atomic E-state index is 0.0262. The van der Waals surface area contributed by atoms with Gasteiger partial charge in [-0.05, 0) is 37.4 Å². The Hall–Kier alpha value is -1.15. The number of carboxylic acids is 1. The lowest BCUT2D eigenvalue weighted by Gasteiger charge is -2.16. The van der Waals surface area contributed by atoms with Crippen LogP contribution < -0.4 is 10.6 Å². The Morgan fingerprint density at radius 1 is 1.55 bits per heavy atom. The van der Waals surface area contributed by atoms with Crippen LogP contribution in [0.4, 0.5) is 0 Å². The lowest BCUT2D eigenvalue weighted by molar-refractivity contribution is -0.139. The van der Waals surface area contributed by atoms with Gasteiger partial charge in [0.05, 0.1) is 9.21 Å². The molecule has 8 heteroatoms. The summed E-state index contributed by atoms with van der Waals surface area (Å²) in [5, 5.41) is 24.0. The van der Waals surface area contributed by atoms with Crippen molar-refractivity contribution in [1.82, 2.24) is 10.6 Å². The van der Waals surface area contributed by atoms with Crippen LogP contribution in [0, 0.1) is 5.92 Å². The van der Waals surface area contributed by atoms with Crippen molar-refractivity contribution < 1.29 is 19.8 Å². The highest BCUT2D eigenvalue weighted by atomic mass is 35.5. The first-order chi connectivity index (χ1) is 9.45. The molecule has 2 rings (SSSR count). The van der Waals surface area contributed by atoms with Gasteiger partial charge in [0.15, 0.2) is 0 Å². The third kappa shape index (κ3) is 3.92. The van der Waals surface area contributed by atoms with Crippen molar-refractivity contribution in [3.8, 4) is 0 Å². The van der Waals surface area contributed by atoms with Crippen molar-refractivity contribution in [2.24, 2.45) is 5.92 Å². The number of aliphatic carboxylic acids is 1. The van der Waals surface area contributed by atoms with Crippen molar-refractivity contribution in [2.75, 3.05) is 6.54 Å². The van der Waals surface area contributed by atoms with Gasteiger partial charge in [-0.2, -0.15) is 0 Å². The monoisotopic (exact) mass is 318 g/mol. The molecule has 1 amide bonds. The molecule has 6 nitrogen and oxygen atoms in total. The average Bonchev–Trinajstić information content (AvgIpc) is 2.98. The molecule has 1 aromatic heterocycles. The predicted octanol–water partition coefficient (Wildman–Crippen LogP) is 0.903. The van der Waals surface area contributed by atoms with Crippen LogP contribution in [-0.2, 0) is 4.79 Å². The van der Waals surface area contributed by atoms with Crippen LogP contribution in [0.15, 0.2) is 12.1 Å². The van der Waals surface area contributed by atoms with Crippen LogP contribution >= 0.6 is 22.9 Å². The summed E-state index contributed by atoms with van der Waals surface area (Å²) in [4.78, 5) is 23.0. The van der Waals surface area contributed by atoms with E-state index in [9.17, 15) is 14.7 Å². The van der Waals surface area contributed by atoms with E-state index in [2.05, 4.69) is 10.6 Å². The summed E-state index contributed by atoms with van der Waals surface area (Å²) in [6, 6.07) is 2.64. The van der Waals surface area contributed by atoms with Crippen molar-refractivity contribution in [2.45, 2.75) is 25.1 Å². The fourth-order valence-electron chi connectivity index (χ4n) is 2.21.